The SMILES string of the molecule is O=C(O)c1cnc(N2CCCCCC2)c(Cl)c1. The van der Waals surface area contributed by atoms with E-state index in [1.165, 1.54) is 25.1 Å². The Hall–Kier alpha value is -1.29. The smallest absolute Gasteiger partial charge is 0.337 e. The fraction of sp³-hybridized carbons (Fsp3) is 0.500. The molecule has 0 unspecified atom stereocenters. The van der Waals surface area contributed by atoms with Crippen LogP contribution in [-0.2, 0) is 0 Å². The molecule has 2 heterocycles. The molecule has 5 heteroatoms. The molecular weight excluding hydrogens is 240 g/mol. The predicted octanol–water partition coefficient (Wildman–Crippen LogP) is 2.81. The summed E-state index contributed by atoms with van der Waals surface area (Å²) in [5.41, 5.74) is 0.133. The molecule has 1 aromatic heterocycles. The Morgan fingerprint density at radius 1 is 1.29 bits per heavy atom. The van der Waals surface area contributed by atoms with Gasteiger partial charge in [-0.3, -0.25) is 0 Å². The number of carboxylic acid groups (broad SMARTS) is 1. The lowest BCUT2D eigenvalue weighted by Gasteiger charge is -2.22. The van der Waals surface area contributed by atoms with E-state index in [1.54, 1.807) is 0 Å². The van der Waals surface area contributed by atoms with Crippen molar-refractivity contribution in [1.82, 2.24) is 4.98 Å². The van der Waals surface area contributed by atoms with Crippen LogP contribution in [-0.4, -0.2) is 29.1 Å². The predicted molar refractivity (Wildman–Crippen MR) is 66.9 cm³/mol. The summed E-state index contributed by atoms with van der Waals surface area (Å²) in [6.45, 7) is 1.89. The first-order chi connectivity index (χ1) is 8.18. The number of rotatable bonds is 2. The summed E-state index contributed by atoms with van der Waals surface area (Å²) in [6.07, 6.45) is 6.12. The fourth-order valence-corrected chi connectivity index (χ4v) is 2.35. The van der Waals surface area contributed by atoms with Gasteiger partial charge in [0.1, 0.15) is 5.82 Å². The van der Waals surface area contributed by atoms with Crippen molar-refractivity contribution >= 4 is 23.4 Å². The number of nitrogens with zero attached hydrogens (tertiary/aromatic N) is 2. The molecule has 0 spiro atoms. The van der Waals surface area contributed by atoms with Crippen LogP contribution in [0.1, 0.15) is 36.0 Å². The average molecular weight is 255 g/mol. The third kappa shape index (κ3) is 2.88. The highest BCUT2D eigenvalue weighted by Gasteiger charge is 2.15. The molecule has 0 aliphatic carbocycles. The normalized spacial score (nSPS) is 16.6. The fourth-order valence-electron chi connectivity index (χ4n) is 2.06. The van der Waals surface area contributed by atoms with E-state index in [1.807, 2.05) is 0 Å². The molecule has 1 saturated heterocycles. The molecule has 92 valence electrons. The second kappa shape index (κ2) is 5.36. The van der Waals surface area contributed by atoms with Crippen LogP contribution in [0.2, 0.25) is 5.02 Å². The molecule has 1 fully saturated rings. The largest absolute Gasteiger partial charge is 0.478 e. The van der Waals surface area contributed by atoms with Crippen molar-refractivity contribution in [3.63, 3.8) is 0 Å². The Morgan fingerprint density at radius 3 is 2.47 bits per heavy atom. The van der Waals surface area contributed by atoms with Crippen LogP contribution in [0.4, 0.5) is 5.82 Å². The molecule has 17 heavy (non-hydrogen) atoms. The number of carboxylic acids is 1. The van der Waals surface area contributed by atoms with Gasteiger partial charge in [0, 0.05) is 19.3 Å². The molecule has 0 aromatic carbocycles. The molecule has 2 rings (SSSR count). The van der Waals surface area contributed by atoms with Crippen LogP contribution >= 0.6 is 11.6 Å². The maximum atomic E-state index is 10.8. The lowest BCUT2D eigenvalue weighted by molar-refractivity contribution is 0.0696. The lowest BCUT2D eigenvalue weighted by atomic mass is 10.2. The van der Waals surface area contributed by atoms with Gasteiger partial charge >= 0.3 is 5.97 Å². The number of pyridine rings is 1. The summed E-state index contributed by atoms with van der Waals surface area (Å²) in [5, 5.41) is 9.27. The van der Waals surface area contributed by atoms with Crippen molar-refractivity contribution in [2.24, 2.45) is 0 Å². The van der Waals surface area contributed by atoms with Crippen molar-refractivity contribution in [1.29, 1.82) is 0 Å². The van der Waals surface area contributed by atoms with Crippen molar-refractivity contribution < 1.29 is 9.90 Å². The minimum absolute atomic E-state index is 0.133. The molecule has 0 amide bonds. The number of carbonyl (C=O) groups is 1. The van der Waals surface area contributed by atoms with E-state index in [9.17, 15) is 4.79 Å². The van der Waals surface area contributed by atoms with Crippen LogP contribution in [0, 0.1) is 0 Å². The first-order valence-corrected chi connectivity index (χ1v) is 6.20. The quantitative estimate of drug-likeness (QED) is 0.882. The van der Waals surface area contributed by atoms with Crippen LogP contribution in [0.15, 0.2) is 12.3 Å². The van der Waals surface area contributed by atoms with E-state index in [0.717, 1.165) is 25.9 Å². The van der Waals surface area contributed by atoms with Crippen LogP contribution in [0.5, 0.6) is 0 Å². The Morgan fingerprint density at radius 2 is 1.94 bits per heavy atom. The van der Waals surface area contributed by atoms with E-state index in [-0.39, 0.29) is 5.56 Å². The summed E-state index contributed by atoms with van der Waals surface area (Å²) < 4.78 is 0. The number of anilines is 1. The van der Waals surface area contributed by atoms with Gasteiger partial charge in [0.15, 0.2) is 0 Å². The Labute approximate surface area is 105 Å². The highest BCUT2D eigenvalue weighted by molar-refractivity contribution is 6.33. The summed E-state index contributed by atoms with van der Waals surface area (Å²) >= 11 is 6.09. The van der Waals surface area contributed by atoms with Crippen LogP contribution < -0.4 is 4.90 Å². The van der Waals surface area contributed by atoms with Crippen molar-refractivity contribution in [3.8, 4) is 0 Å². The van der Waals surface area contributed by atoms with E-state index in [4.69, 9.17) is 16.7 Å². The molecule has 0 saturated carbocycles. The molecule has 1 aromatic rings. The van der Waals surface area contributed by atoms with Gasteiger partial charge < -0.3 is 10.0 Å². The average Bonchev–Trinajstić information content (AvgIpc) is 2.57. The molecule has 0 bridgehead atoms. The second-order valence-electron chi connectivity index (χ2n) is 4.24. The van der Waals surface area contributed by atoms with E-state index < -0.39 is 5.97 Å². The van der Waals surface area contributed by atoms with E-state index in [2.05, 4.69) is 9.88 Å². The standard InChI is InChI=1S/C12H15ClN2O2/c13-10-7-9(12(16)17)8-14-11(10)15-5-3-1-2-4-6-15/h7-8H,1-6H2,(H,16,17). The number of hydrogen-bond acceptors (Lipinski definition) is 3. The molecule has 1 aliphatic rings. The summed E-state index contributed by atoms with van der Waals surface area (Å²) in [5.74, 6) is -0.291. The highest BCUT2D eigenvalue weighted by atomic mass is 35.5. The van der Waals surface area contributed by atoms with Crippen molar-refractivity contribution in [2.75, 3.05) is 18.0 Å². The second-order valence-corrected chi connectivity index (χ2v) is 4.64. The molecule has 0 radical (unpaired) electrons. The Bertz CT molecular complexity index is 415. The third-order valence-electron chi connectivity index (χ3n) is 2.97. The topological polar surface area (TPSA) is 53.4 Å². The number of aromatic carboxylic acids is 1. The van der Waals surface area contributed by atoms with Gasteiger partial charge in [-0.2, -0.15) is 0 Å². The minimum atomic E-state index is -0.998. The number of aromatic nitrogens is 1. The van der Waals surface area contributed by atoms with Gasteiger partial charge in [-0.05, 0) is 18.9 Å². The number of hydrogen-bond donors (Lipinski definition) is 1. The molecule has 0 atom stereocenters. The van der Waals surface area contributed by atoms with Crippen molar-refractivity contribution in [3.05, 3.63) is 22.8 Å². The zero-order valence-corrected chi connectivity index (χ0v) is 10.3. The maximum Gasteiger partial charge on any atom is 0.337 e. The molecule has 1 aliphatic heterocycles. The minimum Gasteiger partial charge on any atom is -0.478 e. The highest BCUT2D eigenvalue weighted by Crippen LogP contribution is 2.26. The van der Waals surface area contributed by atoms with Crippen LogP contribution in [0.3, 0.4) is 0 Å². The van der Waals surface area contributed by atoms with Gasteiger partial charge in [0.25, 0.3) is 0 Å². The van der Waals surface area contributed by atoms with E-state index in [0.29, 0.717) is 10.8 Å². The molecular formula is C12H15ClN2O2. The Kier molecular flexibility index (Phi) is 3.84. The monoisotopic (exact) mass is 254 g/mol. The van der Waals surface area contributed by atoms with Gasteiger partial charge in [0.05, 0.1) is 10.6 Å². The first kappa shape index (κ1) is 12.2. The lowest BCUT2D eigenvalue weighted by Crippen LogP contribution is -2.25. The zero-order chi connectivity index (χ0) is 12.3. The zero-order valence-electron chi connectivity index (χ0n) is 9.53. The van der Waals surface area contributed by atoms with Gasteiger partial charge in [0.2, 0.25) is 0 Å². The van der Waals surface area contributed by atoms with Crippen LogP contribution in [0.25, 0.3) is 0 Å². The van der Waals surface area contributed by atoms with Crippen molar-refractivity contribution in [2.45, 2.75) is 25.7 Å². The third-order valence-corrected chi connectivity index (χ3v) is 3.25. The Balaban J connectivity index is 2.22. The molecule has 4 nitrogen and oxygen atoms in total. The van der Waals surface area contributed by atoms with E-state index >= 15 is 0 Å². The summed E-state index contributed by atoms with van der Waals surface area (Å²) in [7, 11) is 0. The maximum absolute atomic E-state index is 10.8. The first-order valence-electron chi connectivity index (χ1n) is 5.82. The van der Waals surface area contributed by atoms with Gasteiger partial charge in [-0.15, -0.1) is 0 Å². The number of halogens is 1. The summed E-state index contributed by atoms with van der Waals surface area (Å²) in [4.78, 5) is 17.1. The van der Waals surface area contributed by atoms with Gasteiger partial charge in [-0.25, -0.2) is 9.78 Å². The summed E-state index contributed by atoms with van der Waals surface area (Å²) in [6, 6.07) is 1.47. The molecule has 1 N–H and O–H groups in total. The van der Waals surface area contributed by atoms with Gasteiger partial charge in [-0.1, -0.05) is 24.4 Å².